The highest BCUT2D eigenvalue weighted by Gasteiger charge is 2.39. The average Bonchev–Trinajstić information content (AvgIpc) is 3.55. The van der Waals surface area contributed by atoms with E-state index < -0.39 is 17.8 Å². The van der Waals surface area contributed by atoms with Crippen molar-refractivity contribution in [2.45, 2.75) is 64.0 Å². The van der Waals surface area contributed by atoms with Gasteiger partial charge in [0.15, 0.2) is 5.82 Å². The summed E-state index contributed by atoms with van der Waals surface area (Å²) in [5, 5.41) is 25.4. The van der Waals surface area contributed by atoms with Crippen LogP contribution in [0.2, 0.25) is 5.02 Å². The van der Waals surface area contributed by atoms with E-state index in [1.54, 1.807) is 29.2 Å². The van der Waals surface area contributed by atoms with E-state index in [1.165, 1.54) is 0 Å². The van der Waals surface area contributed by atoms with Crippen LogP contribution in [-0.4, -0.2) is 83.0 Å². The molecule has 3 amide bonds. The maximum atomic E-state index is 16.7. The maximum Gasteiger partial charge on any atom is 0.255 e. The Morgan fingerprint density at radius 1 is 0.860 bits per heavy atom. The SMILES string of the molecule is O=C1CCC(N2Cc3c(NCCCCCCCCNc4nc(N5CCNCC5)c5cc(Cl)c(-c6cc(O)cc7ccccc67)c(F)c5n4)cccc3C2=O)C(=O)N1. The highest BCUT2D eigenvalue weighted by Crippen LogP contribution is 2.42. The third kappa shape index (κ3) is 8.04. The minimum absolute atomic E-state index is 0.0258. The Morgan fingerprint density at radius 2 is 1.61 bits per heavy atom. The third-order valence-corrected chi connectivity index (χ3v) is 11.5. The minimum Gasteiger partial charge on any atom is -0.508 e. The Balaban J connectivity index is 0.856. The van der Waals surface area contributed by atoms with Gasteiger partial charge in [-0.3, -0.25) is 19.7 Å². The van der Waals surface area contributed by atoms with Crippen molar-refractivity contribution in [3.63, 3.8) is 0 Å². The largest absolute Gasteiger partial charge is 0.508 e. The molecule has 296 valence electrons. The molecule has 3 aliphatic rings. The monoisotopic (exact) mass is 792 g/mol. The van der Waals surface area contributed by atoms with E-state index in [-0.39, 0.29) is 40.1 Å². The van der Waals surface area contributed by atoms with Crippen molar-refractivity contribution >= 4 is 68.5 Å². The van der Waals surface area contributed by atoms with Crippen LogP contribution in [0.4, 0.5) is 21.8 Å². The summed E-state index contributed by atoms with van der Waals surface area (Å²) in [4.78, 5) is 50.5. The molecular weight excluding hydrogens is 747 g/mol. The summed E-state index contributed by atoms with van der Waals surface area (Å²) in [6, 6.07) is 17.5. The van der Waals surface area contributed by atoms with Crippen LogP contribution in [0.1, 0.15) is 67.3 Å². The predicted octanol–water partition coefficient (Wildman–Crippen LogP) is 6.98. The molecule has 0 bridgehead atoms. The van der Waals surface area contributed by atoms with E-state index >= 15 is 4.39 Å². The molecular formula is C43H46ClFN8O4. The van der Waals surface area contributed by atoms with Gasteiger partial charge in [0.2, 0.25) is 17.8 Å². The highest BCUT2D eigenvalue weighted by molar-refractivity contribution is 6.35. The normalized spacial score (nSPS) is 17.0. The molecule has 1 unspecified atom stereocenters. The molecule has 5 aromatic rings. The van der Waals surface area contributed by atoms with Crippen LogP contribution in [0.3, 0.4) is 0 Å². The van der Waals surface area contributed by atoms with Gasteiger partial charge in [-0.25, -0.2) is 9.37 Å². The zero-order valence-corrected chi connectivity index (χ0v) is 32.4. The number of imide groups is 1. The lowest BCUT2D eigenvalue weighted by molar-refractivity contribution is -0.136. The number of anilines is 3. The fourth-order valence-corrected chi connectivity index (χ4v) is 8.55. The van der Waals surface area contributed by atoms with Gasteiger partial charge in [-0.1, -0.05) is 67.6 Å². The predicted molar refractivity (Wildman–Crippen MR) is 221 cm³/mol. The molecule has 4 aromatic carbocycles. The summed E-state index contributed by atoms with van der Waals surface area (Å²) in [6.07, 6.45) is 6.66. The van der Waals surface area contributed by atoms with Crippen LogP contribution in [0.5, 0.6) is 5.75 Å². The molecule has 0 spiro atoms. The zero-order chi connectivity index (χ0) is 39.5. The standard InChI is InChI=1S/C43H46ClFN8O4/c44-33-24-31-39(38(45)37(33)30-23-27(54)22-26-10-5-6-11-28(26)30)50-43(51-40(31)52-20-18-46-19-21-52)48-17-8-4-2-1-3-7-16-47-34-13-9-12-29-32(34)25-53(42(29)57)35-14-15-36(55)49-41(35)56/h5-6,9-13,22-24,35,46-47,54H,1-4,7-8,14-21,25H2,(H,48,50,51)(H,49,55,56). The number of piperazine rings is 1. The first kappa shape index (κ1) is 38.3. The average molecular weight is 793 g/mol. The van der Waals surface area contributed by atoms with E-state index in [0.717, 1.165) is 93.3 Å². The number of nitrogens with zero attached hydrogens (tertiary/aromatic N) is 4. The Morgan fingerprint density at radius 3 is 2.40 bits per heavy atom. The smallest absolute Gasteiger partial charge is 0.255 e. The molecule has 3 aliphatic heterocycles. The van der Waals surface area contributed by atoms with Gasteiger partial charge in [0.05, 0.1) is 5.02 Å². The number of fused-ring (bicyclic) bond motifs is 3. The highest BCUT2D eigenvalue weighted by atomic mass is 35.5. The van der Waals surface area contributed by atoms with Crippen LogP contribution in [-0.2, 0) is 16.1 Å². The van der Waals surface area contributed by atoms with Crippen LogP contribution in [0, 0.1) is 5.82 Å². The molecule has 0 aliphatic carbocycles. The van der Waals surface area contributed by atoms with Crippen molar-refractivity contribution in [2.75, 3.05) is 54.8 Å². The van der Waals surface area contributed by atoms with Gasteiger partial charge in [-0.2, -0.15) is 4.98 Å². The number of aromatic hydroxyl groups is 1. The van der Waals surface area contributed by atoms with Gasteiger partial charge >= 0.3 is 0 Å². The summed E-state index contributed by atoms with van der Waals surface area (Å²) in [5.74, 6) is -0.392. The second-order valence-corrected chi connectivity index (χ2v) is 15.4. The number of benzene rings is 4. The number of phenols is 1. The Labute approximate surface area is 335 Å². The molecule has 2 fully saturated rings. The van der Waals surface area contributed by atoms with E-state index in [0.29, 0.717) is 47.8 Å². The molecule has 0 radical (unpaired) electrons. The lowest BCUT2D eigenvalue weighted by atomic mass is 9.96. The van der Waals surface area contributed by atoms with Gasteiger partial charge in [0, 0.05) is 80.0 Å². The number of phenolic OH excluding ortho intramolecular Hbond substituents is 1. The number of carbonyl (C=O) groups excluding carboxylic acids is 3. The summed E-state index contributed by atoms with van der Waals surface area (Å²) in [6.45, 7) is 4.76. The van der Waals surface area contributed by atoms with Crippen molar-refractivity contribution in [2.24, 2.45) is 0 Å². The van der Waals surface area contributed by atoms with Crippen molar-refractivity contribution < 1.29 is 23.9 Å². The van der Waals surface area contributed by atoms with E-state index in [9.17, 15) is 19.5 Å². The fourth-order valence-electron chi connectivity index (χ4n) is 8.26. The van der Waals surface area contributed by atoms with Crippen molar-refractivity contribution in [1.82, 2.24) is 25.5 Å². The van der Waals surface area contributed by atoms with E-state index in [4.69, 9.17) is 21.6 Å². The van der Waals surface area contributed by atoms with Gasteiger partial charge in [-0.15, -0.1) is 0 Å². The number of amides is 3. The lowest BCUT2D eigenvalue weighted by Gasteiger charge is -2.29. The summed E-state index contributed by atoms with van der Waals surface area (Å²) >= 11 is 6.85. The van der Waals surface area contributed by atoms with Gasteiger partial charge in [0.25, 0.3) is 5.91 Å². The molecule has 8 rings (SSSR count). The first-order valence-corrected chi connectivity index (χ1v) is 20.3. The molecule has 14 heteroatoms. The number of hydrogen-bond acceptors (Lipinski definition) is 10. The number of hydrogen-bond donors (Lipinski definition) is 5. The molecule has 1 atom stereocenters. The second kappa shape index (κ2) is 16.9. The first-order valence-electron chi connectivity index (χ1n) is 19.9. The molecule has 2 saturated heterocycles. The lowest BCUT2D eigenvalue weighted by Crippen LogP contribution is -2.52. The summed E-state index contributed by atoms with van der Waals surface area (Å²) in [5.41, 5.74) is 3.29. The Hall–Kier alpha value is -5.53. The van der Waals surface area contributed by atoms with Crippen LogP contribution in [0.15, 0.2) is 60.7 Å². The second-order valence-electron chi connectivity index (χ2n) is 15.0. The topological polar surface area (TPSA) is 152 Å². The zero-order valence-electron chi connectivity index (χ0n) is 31.7. The number of aromatic nitrogens is 2. The number of carbonyl (C=O) groups is 3. The Kier molecular flexibility index (Phi) is 11.4. The molecule has 4 heterocycles. The molecule has 5 N–H and O–H groups in total. The molecule has 0 saturated carbocycles. The van der Waals surface area contributed by atoms with Crippen molar-refractivity contribution in [1.29, 1.82) is 0 Å². The molecule has 1 aromatic heterocycles. The van der Waals surface area contributed by atoms with Gasteiger partial charge < -0.3 is 30.9 Å². The van der Waals surface area contributed by atoms with Crippen LogP contribution in [0.25, 0.3) is 32.8 Å². The summed E-state index contributed by atoms with van der Waals surface area (Å²) < 4.78 is 16.7. The fraction of sp³-hybridized carbons (Fsp3) is 0.372. The number of piperidine rings is 1. The van der Waals surface area contributed by atoms with Gasteiger partial charge in [0.1, 0.15) is 23.1 Å². The van der Waals surface area contributed by atoms with E-state index in [2.05, 4.69) is 26.2 Å². The van der Waals surface area contributed by atoms with Crippen molar-refractivity contribution in [3.05, 3.63) is 82.6 Å². The quantitative estimate of drug-likeness (QED) is 0.0589. The number of halogens is 2. The van der Waals surface area contributed by atoms with Crippen LogP contribution >= 0.6 is 11.6 Å². The first-order chi connectivity index (χ1) is 27.8. The van der Waals surface area contributed by atoms with E-state index in [1.807, 2.05) is 36.4 Å². The third-order valence-electron chi connectivity index (χ3n) is 11.2. The molecule has 57 heavy (non-hydrogen) atoms. The number of rotatable bonds is 14. The van der Waals surface area contributed by atoms with Crippen LogP contribution < -0.4 is 26.2 Å². The summed E-state index contributed by atoms with van der Waals surface area (Å²) in [7, 11) is 0. The number of nitrogens with one attached hydrogen (secondary N) is 4. The maximum absolute atomic E-state index is 16.7. The Bertz CT molecular complexity index is 2350. The van der Waals surface area contributed by atoms with Crippen molar-refractivity contribution in [3.8, 4) is 16.9 Å². The number of unbranched alkanes of at least 4 members (excludes halogenated alkanes) is 5. The van der Waals surface area contributed by atoms with Gasteiger partial charge in [-0.05, 0) is 65.9 Å². The molecule has 12 nitrogen and oxygen atoms in total. The minimum atomic E-state index is -0.630.